The summed E-state index contributed by atoms with van der Waals surface area (Å²) in [6.07, 6.45) is 0.365. The van der Waals surface area contributed by atoms with Crippen molar-refractivity contribution in [2.24, 2.45) is 0 Å². The summed E-state index contributed by atoms with van der Waals surface area (Å²) < 4.78 is 5.40. The molecule has 1 N–H and O–H groups in total. The van der Waals surface area contributed by atoms with Gasteiger partial charge in [-0.3, -0.25) is 4.90 Å². The molecule has 1 fully saturated rings. The minimum absolute atomic E-state index is 0.266. The van der Waals surface area contributed by atoms with E-state index in [9.17, 15) is 5.11 Å². The first-order valence-corrected chi connectivity index (χ1v) is 7.22. The Morgan fingerprint density at radius 1 is 1.32 bits per heavy atom. The topological polar surface area (TPSA) is 32.7 Å². The Balaban J connectivity index is 2.21. The van der Waals surface area contributed by atoms with Crippen molar-refractivity contribution < 1.29 is 9.84 Å². The average molecular weight is 284 g/mol. The smallest absolute Gasteiger partial charge is 0.0970 e. The molecule has 0 amide bonds. The Labute approximate surface area is 120 Å². The van der Waals surface area contributed by atoms with E-state index in [-0.39, 0.29) is 5.54 Å². The Bertz CT molecular complexity index is 403. The van der Waals surface area contributed by atoms with Crippen molar-refractivity contribution in [3.05, 3.63) is 34.9 Å². The highest BCUT2D eigenvalue weighted by molar-refractivity contribution is 6.30. The standard InChI is InChI=1S/C15H22ClNO2/c1-3-15(2,17-8-10-19-11-9-17)14(18)12-4-6-13(16)7-5-12/h4-7,14,18H,3,8-11H2,1-2H3. The molecule has 0 spiro atoms. The van der Waals surface area contributed by atoms with Gasteiger partial charge in [0.2, 0.25) is 0 Å². The molecule has 106 valence electrons. The fraction of sp³-hybridized carbons (Fsp3) is 0.600. The Morgan fingerprint density at radius 2 is 1.89 bits per heavy atom. The van der Waals surface area contributed by atoms with Gasteiger partial charge in [0.25, 0.3) is 0 Å². The lowest BCUT2D eigenvalue weighted by molar-refractivity contribution is -0.0734. The van der Waals surface area contributed by atoms with E-state index in [1.807, 2.05) is 24.3 Å². The van der Waals surface area contributed by atoms with E-state index >= 15 is 0 Å². The zero-order valence-corrected chi connectivity index (χ0v) is 12.4. The summed E-state index contributed by atoms with van der Waals surface area (Å²) in [5.41, 5.74) is 0.651. The zero-order valence-electron chi connectivity index (χ0n) is 11.6. The summed E-state index contributed by atoms with van der Waals surface area (Å²) in [6, 6.07) is 7.47. The van der Waals surface area contributed by atoms with Crippen molar-refractivity contribution in [1.29, 1.82) is 0 Å². The number of halogens is 1. The summed E-state index contributed by atoms with van der Waals surface area (Å²) >= 11 is 5.90. The van der Waals surface area contributed by atoms with E-state index in [0.29, 0.717) is 5.02 Å². The highest BCUT2D eigenvalue weighted by atomic mass is 35.5. The largest absolute Gasteiger partial charge is 0.386 e. The van der Waals surface area contributed by atoms with E-state index in [1.165, 1.54) is 0 Å². The molecule has 1 saturated heterocycles. The van der Waals surface area contributed by atoms with Crippen molar-refractivity contribution in [3.8, 4) is 0 Å². The van der Waals surface area contributed by atoms with Crippen LogP contribution in [0.15, 0.2) is 24.3 Å². The third-order valence-corrected chi connectivity index (χ3v) is 4.48. The monoisotopic (exact) mass is 283 g/mol. The Morgan fingerprint density at radius 3 is 2.42 bits per heavy atom. The second kappa shape index (κ2) is 6.23. The first-order valence-electron chi connectivity index (χ1n) is 6.84. The normalized spacial score (nSPS) is 21.9. The quantitative estimate of drug-likeness (QED) is 0.922. The van der Waals surface area contributed by atoms with Gasteiger partial charge in [0.1, 0.15) is 0 Å². The van der Waals surface area contributed by atoms with Gasteiger partial charge in [-0.1, -0.05) is 30.7 Å². The van der Waals surface area contributed by atoms with E-state index in [2.05, 4.69) is 18.7 Å². The lowest BCUT2D eigenvalue weighted by Gasteiger charge is -2.46. The summed E-state index contributed by atoms with van der Waals surface area (Å²) in [6.45, 7) is 7.46. The van der Waals surface area contributed by atoms with Crippen molar-refractivity contribution >= 4 is 11.6 Å². The third kappa shape index (κ3) is 3.11. The van der Waals surface area contributed by atoms with Gasteiger partial charge in [-0.2, -0.15) is 0 Å². The number of ether oxygens (including phenoxy) is 1. The molecule has 2 atom stereocenters. The molecule has 0 aromatic heterocycles. The maximum absolute atomic E-state index is 10.8. The van der Waals surface area contributed by atoms with Gasteiger partial charge in [0, 0.05) is 23.7 Å². The van der Waals surface area contributed by atoms with E-state index < -0.39 is 6.10 Å². The summed E-state index contributed by atoms with van der Waals surface area (Å²) in [4.78, 5) is 2.33. The van der Waals surface area contributed by atoms with Crippen LogP contribution in [0.2, 0.25) is 5.02 Å². The van der Waals surface area contributed by atoms with Crippen molar-refractivity contribution in [2.75, 3.05) is 26.3 Å². The molecular weight excluding hydrogens is 262 g/mol. The molecule has 0 bridgehead atoms. The number of aliphatic hydroxyl groups is 1. The molecule has 0 radical (unpaired) electrons. The summed E-state index contributed by atoms with van der Waals surface area (Å²) in [5.74, 6) is 0. The van der Waals surface area contributed by atoms with Crippen LogP contribution in [-0.4, -0.2) is 41.8 Å². The van der Waals surface area contributed by atoms with E-state index in [1.54, 1.807) is 0 Å². The Kier molecular flexibility index (Phi) is 4.85. The van der Waals surface area contributed by atoms with Gasteiger partial charge in [0.05, 0.1) is 19.3 Å². The molecule has 3 nitrogen and oxygen atoms in total. The van der Waals surface area contributed by atoms with Gasteiger partial charge < -0.3 is 9.84 Å². The zero-order chi connectivity index (χ0) is 13.9. The second-order valence-electron chi connectivity index (χ2n) is 5.26. The number of aliphatic hydroxyl groups excluding tert-OH is 1. The minimum Gasteiger partial charge on any atom is -0.386 e. The molecule has 1 heterocycles. The number of rotatable bonds is 4. The molecule has 2 unspecified atom stereocenters. The van der Waals surface area contributed by atoms with Crippen LogP contribution in [0.25, 0.3) is 0 Å². The number of hydrogen-bond acceptors (Lipinski definition) is 3. The molecule has 19 heavy (non-hydrogen) atoms. The SMILES string of the molecule is CCC(C)(C(O)c1ccc(Cl)cc1)N1CCOCC1. The van der Waals surface area contributed by atoms with Crippen LogP contribution in [0.5, 0.6) is 0 Å². The predicted octanol–water partition coefficient (Wildman–Crippen LogP) is 2.87. The van der Waals surface area contributed by atoms with Gasteiger partial charge in [-0.05, 0) is 31.0 Å². The Hall–Kier alpha value is -0.610. The lowest BCUT2D eigenvalue weighted by atomic mass is 9.85. The van der Waals surface area contributed by atoms with Crippen LogP contribution in [0.3, 0.4) is 0 Å². The number of morpholine rings is 1. The molecule has 1 aliphatic rings. The van der Waals surface area contributed by atoms with Crippen molar-refractivity contribution in [1.82, 2.24) is 4.90 Å². The molecule has 4 heteroatoms. The first-order chi connectivity index (χ1) is 9.08. The van der Waals surface area contributed by atoms with Crippen LogP contribution in [0, 0.1) is 0 Å². The number of hydrogen-bond donors (Lipinski definition) is 1. The highest BCUT2D eigenvalue weighted by Gasteiger charge is 2.38. The molecule has 0 aliphatic carbocycles. The van der Waals surface area contributed by atoms with Crippen molar-refractivity contribution in [3.63, 3.8) is 0 Å². The molecular formula is C15H22ClNO2. The second-order valence-corrected chi connectivity index (χ2v) is 5.70. The first kappa shape index (κ1) is 14.8. The maximum atomic E-state index is 10.8. The maximum Gasteiger partial charge on any atom is 0.0970 e. The molecule has 1 aromatic carbocycles. The third-order valence-electron chi connectivity index (χ3n) is 4.22. The van der Waals surface area contributed by atoms with Crippen LogP contribution < -0.4 is 0 Å². The van der Waals surface area contributed by atoms with Crippen molar-refractivity contribution in [2.45, 2.75) is 31.9 Å². The van der Waals surface area contributed by atoms with Gasteiger partial charge in [-0.15, -0.1) is 0 Å². The molecule has 2 rings (SSSR count). The van der Waals surface area contributed by atoms with Crippen LogP contribution >= 0.6 is 11.6 Å². The van der Waals surface area contributed by atoms with Gasteiger partial charge in [-0.25, -0.2) is 0 Å². The van der Waals surface area contributed by atoms with Crippen LogP contribution in [0.1, 0.15) is 31.9 Å². The molecule has 1 aromatic rings. The van der Waals surface area contributed by atoms with Gasteiger partial charge in [0.15, 0.2) is 0 Å². The predicted molar refractivity (Wildman–Crippen MR) is 77.5 cm³/mol. The fourth-order valence-corrected chi connectivity index (χ4v) is 2.79. The summed E-state index contributed by atoms with van der Waals surface area (Å²) in [5, 5.41) is 11.5. The number of nitrogens with zero attached hydrogens (tertiary/aromatic N) is 1. The highest BCUT2D eigenvalue weighted by Crippen LogP contribution is 2.35. The van der Waals surface area contributed by atoms with Crippen LogP contribution in [-0.2, 0) is 4.74 Å². The van der Waals surface area contributed by atoms with Gasteiger partial charge >= 0.3 is 0 Å². The van der Waals surface area contributed by atoms with Crippen LogP contribution in [0.4, 0.5) is 0 Å². The fourth-order valence-electron chi connectivity index (χ4n) is 2.67. The van der Waals surface area contributed by atoms with E-state index in [0.717, 1.165) is 38.3 Å². The summed E-state index contributed by atoms with van der Waals surface area (Å²) in [7, 11) is 0. The average Bonchev–Trinajstić information content (AvgIpc) is 2.47. The molecule has 0 saturated carbocycles. The lowest BCUT2D eigenvalue weighted by Crippen LogP contribution is -2.54. The molecule has 1 aliphatic heterocycles. The number of benzene rings is 1. The minimum atomic E-state index is -0.520. The van der Waals surface area contributed by atoms with E-state index in [4.69, 9.17) is 16.3 Å².